The number of aryl methyl sites for hydroxylation is 1. The lowest BCUT2D eigenvalue weighted by Gasteiger charge is -2.22. The van der Waals surface area contributed by atoms with Crippen molar-refractivity contribution in [1.82, 2.24) is 0 Å². The summed E-state index contributed by atoms with van der Waals surface area (Å²) >= 11 is 0. The second kappa shape index (κ2) is 5.50. The molecule has 1 aromatic carbocycles. The van der Waals surface area contributed by atoms with E-state index in [1.165, 1.54) is 6.08 Å². The van der Waals surface area contributed by atoms with Gasteiger partial charge in [-0.3, -0.25) is 0 Å². The second-order valence-electron chi connectivity index (χ2n) is 4.16. The first-order valence-corrected chi connectivity index (χ1v) is 5.44. The summed E-state index contributed by atoms with van der Waals surface area (Å²) in [7, 11) is 0. The number of hydrogen-bond acceptors (Lipinski definition) is 2. The van der Waals surface area contributed by atoms with Crippen LogP contribution in [0.25, 0.3) is 0 Å². The van der Waals surface area contributed by atoms with Crippen molar-refractivity contribution in [3.8, 4) is 0 Å². The molecule has 0 fully saturated rings. The van der Waals surface area contributed by atoms with Crippen LogP contribution in [-0.2, 0) is 9.53 Å². The quantitative estimate of drug-likeness (QED) is 0.571. The van der Waals surface area contributed by atoms with E-state index in [-0.39, 0.29) is 18.0 Å². The van der Waals surface area contributed by atoms with Gasteiger partial charge in [-0.05, 0) is 24.0 Å². The summed E-state index contributed by atoms with van der Waals surface area (Å²) in [4.78, 5) is 11.3. The molecule has 2 nitrogen and oxygen atoms in total. The van der Waals surface area contributed by atoms with Gasteiger partial charge >= 0.3 is 5.97 Å². The van der Waals surface area contributed by atoms with Crippen molar-refractivity contribution in [3.63, 3.8) is 0 Å². The fourth-order valence-corrected chi connectivity index (χ4v) is 1.64. The topological polar surface area (TPSA) is 26.3 Å². The lowest BCUT2D eigenvalue weighted by Crippen LogP contribution is -2.15. The Bertz CT molecular complexity index is 380. The molecule has 2 heteroatoms. The molecule has 0 aliphatic rings. The number of carbonyl (C=O) groups excluding carboxylic acids is 1. The van der Waals surface area contributed by atoms with Gasteiger partial charge in [0, 0.05) is 6.08 Å². The Balaban J connectivity index is 2.98. The molecule has 0 bridgehead atoms. The highest BCUT2D eigenvalue weighted by Gasteiger charge is 2.20. The zero-order chi connectivity index (χ0) is 12.1. The van der Waals surface area contributed by atoms with Crippen molar-refractivity contribution in [1.29, 1.82) is 0 Å². The molecule has 0 radical (unpaired) electrons. The third kappa shape index (κ3) is 2.96. The first-order valence-electron chi connectivity index (χ1n) is 5.44. The fraction of sp³-hybridized carbons (Fsp3) is 0.357. The highest BCUT2D eigenvalue weighted by Crippen LogP contribution is 2.28. The SMILES string of the molecule is C=CC(=O)OC(c1ccccc1C)C(C)C. The Morgan fingerprint density at radius 3 is 2.50 bits per heavy atom. The molecule has 0 saturated heterocycles. The average Bonchev–Trinajstić information content (AvgIpc) is 2.26. The molecule has 1 rings (SSSR count). The average molecular weight is 218 g/mol. The molecule has 86 valence electrons. The Hall–Kier alpha value is -1.57. The van der Waals surface area contributed by atoms with Crippen LogP contribution in [0.2, 0.25) is 0 Å². The first kappa shape index (κ1) is 12.5. The summed E-state index contributed by atoms with van der Waals surface area (Å²) in [5.74, 6) is -0.132. The van der Waals surface area contributed by atoms with Crippen LogP contribution in [0.1, 0.15) is 31.1 Å². The number of esters is 1. The Labute approximate surface area is 96.9 Å². The molecule has 0 aromatic heterocycles. The van der Waals surface area contributed by atoms with Crippen molar-refractivity contribution in [3.05, 3.63) is 48.0 Å². The Morgan fingerprint density at radius 2 is 2.00 bits per heavy atom. The summed E-state index contributed by atoms with van der Waals surface area (Å²) in [5, 5.41) is 0. The summed E-state index contributed by atoms with van der Waals surface area (Å²) in [5.41, 5.74) is 2.20. The van der Waals surface area contributed by atoms with Crippen LogP contribution in [0.15, 0.2) is 36.9 Å². The molecule has 0 spiro atoms. The van der Waals surface area contributed by atoms with Crippen LogP contribution in [0.4, 0.5) is 0 Å². The highest BCUT2D eigenvalue weighted by atomic mass is 16.5. The molecule has 1 unspecified atom stereocenters. The van der Waals surface area contributed by atoms with Crippen molar-refractivity contribution in [2.45, 2.75) is 26.9 Å². The number of hydrogen-bond donors (Lipinski definition) is 0. The van der Waals surface area contributed by atoms with E-state index in [9.17, 15) is 4.79 Å². The minimum atomic E-state index is -0.373. The first-order chi connectivity index (χ1) is 7.56. The second-order valence-corrected chi connectivity index (χ2v) is 4.16. The molecule has 16 heavy (non-hydrogen) atoms. The third-order valence-electron chi connectivity index (χ3n) is 2.51. The van der Waals surface area contributed by atoms with Crippen LogP contribution < -0.4 is 0 Å². The van der Waals surface area contributed by atoms with Gasteiger partial charge < -0.3 is 4.74 Å². The van der Waals surface area contributed by atoms with E-state index in [1.54, 1.807) is 0 Å². The molecule has 0 amide bonds. The van der Waals surface area contributed by atoms with Gasteiger partial charge in [-0.15, -0.1) is 0 Å². The van der Waals surface area contributed by atoms with E-state index in [0.29, 0.717) is 0 Å². The van der Waals surface area contributed by atoms with E-state index >= 15 is 0 Å². The molecule has 0 heterocycles. The predicted molar refractivity (Wildman–Crippen MR) is 65.0 cm³/mol. The van der Waals surface area contributed by atoms with Gasteiger partial charge in [0.2, 0.25) is 0 Å². The van der Waals surface area contributed by atoms with Gasteiger partial charge in [-0.25, -0.2) is 4.79 Å². The van der Waals surface area contributed by atoms with Crippen LogP contribution in [0.5, 0.6) is 0 Å². The van der Waals surface area contributed by atoms with E-state index < -0.39 is 0 Å². The molecule has 1 atom stereocenters. The molecule has 0 aliphatic carbocycles. The zero-order valence-electron chi connectivity index (χ0n) is 10.1. The molecule has 0 saturated carbocycles. The van der Waals surface area contributed by atoms with Gasteiger partial charge in [0.25, 0.3) is 0 Å². The van der Waals surface area contributed by atoms with Crippen LogP contribution in [0, 0.1) is 12.8 Å². The van der Waals surface area contributed by atoms with E-state index in [2.05, 4.69) is 6.58 Å². The maximum absolute atomic E-state index is 11.3. The van der Waals surface area contributed by atoms with Crippen LogP contribution >= 0.6 is 0 Å². The fourth-order valence-electron chi connectivity index (χ4n) is 1.64. The number of rotatable bonds is 4. The molecular weight excluding hydrogens is 200 g/mol. The largest absolute Gasteiger partial charge is 0.454 e. The molecule has 0 aliphatic heterocycles. The maximum Gasteiger partial charge on any atom is 0.330 e. The molecule has 0 N–H and O–H groups in total. The Kier molecular flexibility index (Phi) is 4.29. The summed E-state index contributed by atoms with van der Waals surface area (Å²) in [6, 6.07) is 7.95. The van der Waals surface area contributed by atoms with Crippen LogP contribution in [0.3, 0.4) is 0 Å². The monoisotopic (exact) mass is 218 g/mol. The minimum absolute atomic E-state index is 0.202. The molecule has 1 aromatic rings. The van der Waals surface area contributed by atoms with Crippen molar-refractivity contribution < 1.29 is 9.53 Å². The summed E-state index contributed by atoms with van der Waals surface area (Å²) in [6.07, 6.45) is 1.000. The van der Waals surface area contributed by atoms with Gasteiger partial charge in [-0.2, -0.15) is 0 Å². The van der Waals surface area contributed by atoms with Crippen molar-refractivity contribution in [2.24, 2.45) is 5.92 Å². The highest BCUT2D eigenvalue weighted by molar-refractivity contribution is 5.81. The lowest BCUT2D eigenvalue weighted by molar-refractivity contribution is -0.145. The zero-order valence-corrected chi connectivity index (χ0v) is 10.1. The number of benzene rings is 1. The van der Waals surface area contributed by atoms with Gasteiger partial charge in [-0.1, -0.05) is 44.7 Å². The minimum Gasteiger partial charge on any atom is -0.454 e. The Morgan fingerprint density at radius 1 is 1.38 bits per heavy atom. The van der Waals surface area contributed by atoms with Crippen LogP contribution in [-0.4, -0.2) is 5.97 Å². The predicted octanol–water partition coefficient (Wildman–Crippen LogP) is 3.42. The standard InChI is InChI=1S/C14H18O2/c1-5-13(15)16-14(10(2)3)12-9-7-6-8-11(12)4/h5-10,14H,1H2,2-4H3. The van der Waals surface area contributed by atoms with E-state index in [4.69, 9.17) is 4.74 Å². The maximum atomic E-state index is 11.3. The third-order valence-corrected chi connectivity index (χ3v) is 2.51. The van der Waals surface area contributed by atoms with E-state index in [1.807, 2.05) is 45.0 Å². The number of carbonyl (C=O) groups is 1. The summed E-state index contributed by atoms with van der Waals surface area (Å²) in [6.45, 7) is 9.51. The summed E-state index contributed by atoms with van der Waals surface area (Å²) < 4.78 is 5.37. The normalized spacial score (nSPS) is 12.2. The number of ether oxygens (including phenoxy) is 1. The lowest BCUT2D eigenvalue weighted by atomic mass is 9.95. The van der Waals surface area contributed by atoms with E-state index in [0.717, 1.165) is 11.1 Å². The van der Waals surface area contributed by atoms with Gasteiger partial charge in [0.05, 0.1) is 0 Å². The van der Waals surface area contributed by atoms with Gasteiger partial charge in [0.1, 0.15) is 6.10 Å². The van der Waals surface area contributed by atoms with Gasteiger partial charge in [0.15, 0.2) is 0 Å². The molecular formula is C14H18O2. The smallest absolute Gasteiger partial charge is 0.330 e. The van der Waals surface area contributed by atoms with Crippen molar-refractivity contribution in [2.75, 3.05) is 0 Å². The van der Waals surface area contributed by atoms with Crippen molar-refractivity contribution >= 4 is 5.97 Å².